The minimum atomic E-state index is -3.70. The second-order valence-electron chi connectivity index (χ2n) is 5.94. The third kappa shape index (κ3) is 3.23. The van der Waals surface area contributed by atoms with Crippen LogP contribution in [0.2, 0.25) is 0 Å². The van der Waals surface area contributed by atoms with Crippen LogP contribution in [0, 0.1) is 12.7 Å². The molecule has 1 unspecified atom stereocenters. The van der Waals surface area contributed by atoms with Gasteiger partial charge in [0, 0.05) is 11.7 Å². The molecule has 0 bridgehead atoms. The van der Waals surface area contributed by atoms with Crippen LogP contribution in [0.4, 0.5) is 10.1 Å². The van der Waals surface area contributed by atoms with Gasteiger partial charge < -0.3 is 5.73 Å². The Morgan fingerprint density at radius 2 is 2.00 bits per heavy atom. The van der Waals surface area contributed by atoms with Gasteiger partial charge in [-0.3, -0.25) is 0 Å². The summed E-state index contributed by atoms with van der Waals surface area (Å²) in [7, 11) is -3.70. The van der Waals surface area contributed by atoms with Crippen LogP contribution in [0.25, 0.3) is 0 Å². The van der Waals surface area contributed by atoms with E-state index in [-0.39, 0.29) is 10.9 Å². The molecule has 2 aromatic rings. The molecule has 23 heavy (non-hydrogen) atoms. The summed E-state index contributed by atoms with van der Waals surface area (Å²) in [5, 5.41) is 0. The normalized spacial score (nSPS) is 17.7. The van der Waals surface area contributed by atoms with Crippen molar-refractivity contribution >= 4 is 15.7 Å². The van der Waals surface area contributed by atoms with Gasteiger partial charge in [0.2, 0.25) is 10.0 Å². The van der Waals surface area contributed by atoms with Gasteiger partial charge in [0.25, 0.3) is 0 Å². The molecular formula is C17H19FN2O2S. The van der Waals surface area contributed by atoms with Gasteiger partial charge >= 0.3 is 0 Å². The van der Waals surface area contributed by atoms with E-state index >= 15 is 0 Å². The zero-order valence-electron chi connectivity index (χ0n) is 12.8. The van der Waals surface area contributed by atoms with Gasteiger partial charge in [-0.15, -0.1) is 0 Å². The molecular weight excluding hydrogens is 315 g/mol. The molecule has 3 N–H and O–H groups in total. The topological polar surface area (TPSA) is 72.2 Å². The molecule has 0 heterocycles. The third-order valence-corrected chi connectivity index (χ3v) is 5.69. The minimum Gasteiger partial charge on any atom is -0.399 e. The van der Waals surface area contributed by atoms with Crippen molar-refractivity contribution in [3.05, 3.63) is 58.9 Å². The molecule has 0 radical (unpaired) electrons. The van der Waals surface area contributed by atoms with Crippen molar-refractivity contribution < 1.29 is 12.8 Å². The van der Waals surface area contributed by atoms with Gasteiger partial charge in [-0.2, -0.15) is 0 Å². The molecule has 122 valence electrons. The second kappa shape index (κ2) is 5.94. The number of hydrogen-bond donors (Lipinski definition) is 2. The summed E-state index contributed by atoms with van der Waals surface area (Å²) in [6.07, 6.45) is 2.52. The Hall–Kier alpha value is -1.92. The fourth-order valence-corrected chi connectivity index (χ4v) is 4.33. The number of benzene rings is 2. The Morgan fingerprint density at radius 1 is 1.22 bits per heavy atom. The van der Waals surface area contributed by atoms with E-state index in [2.05, 4.69) is 4.72 Å². The van der Waals surface area contributed by atoms with E-state index in [0.717, 1.165) is 30.4 Å². The first-order chi connectivity index (χ1) is 10.9. The first-order valence-electron chi connectivity index (χ1n) is 7.53. The van der Waals surface area contributed by atoms with Gasteiger partial charge in [-0.1, -0.05) is 6.07 Å². The van der Waals surface area contributed by atoms with Crippen LogP contribution < -0.4 is 10.5 Å². The Bertz CT molecular complexity index is 850. The summed E-state index contributed by atoms with van der Waals surface area (Å²) in [5.41, 5.74) is 8.84. The molecule has 0 aromatic heterocycles. The van der Waals surface area contributed by atoms with Gasteiger partial charge in [-0.05, 0) is 73.2 Å². The summed E-state index contributed by atoms with van der Waals surface area (Å²) in [6, 6.07) is 9.11. The van der Waals surface area contributed by atoms with E-state index in [1.54, 1.807) is 13.0 Å². The van der Waals surface area contributed by atoms with Crippen LogP contribution in [0.1, 0.15) is 35.6 Å². The number of nitrogens with one attached hydrogen (secondary N) is 1. The molecule has 0 fully saturated rings. The predicted octanol–water partition coefficient (Wildman–Crippen LogP) is 3.07. The highest BCUT2D eigenvalue weighted by Gasteiger charge is 2.26. The first kappa shape index (κ1) is 16.0. The number of anilines is 1. The standard InChI is InChI=1S/C17H19FN2O2S/c1-11-9-14(6-8-16(11)18)23(21,22)20-17-4-2-3-12-10-13(19)5-7-15(12)17/h5-10,17,20H,2-4,19H2,1H3. The van der Waals surface area contributed by atoms with Crippen LogP contribution in [0.5, 0.6) is 0 Å². The quantitative estimate of drug-likeness (QED) is 0.847. The van der Waals surface area contributed by atoms with E-state index in [1.165, 1.54) is 18.2 Å². The SMILES string of the molecule is Cc1cc(S(=O)(=O)NC2CCCc3cc(N)ccc32)ccc1F. The maximum Gasteiger partial charge on any atom is 0.241 e. The summed E-state index contributed by atoms with van der Waals surface area (Å²) in [5.74, 6) is -0.414. The maximum atomic E-state index is 13.4. The molecule has 3 rings (SSSR count). The molecule has 1 aliphatic carbocycles. The van der Waals surface area contributed by atoms with E-state index < -0.39 is 15.8 Å². The van der Waals surface area contributed by atoms with Crippen LogP contribution in [-0.4, -0.2) is 8.42 Å². The lowest BCUT2D eigenvalue weighted by atomic mass is 9.88. The minimum absolute atomic E-state index is 0.0824. The highest BCUT2D eigenvalue weighted by atomic mass is 32.2. The van der Waals surface area contributed by atoms with Gasteiger partial charge in [0.05, 0.1) is 4.90 Å². The van der Waals surface area contributed by atoms with Crippen LogP contribution >= 0.6 is 0 Å². The molecule has 1 aliphatic rings. The molecule has 0 saturated carbocycles. The van der Waals surface area contributed by atoms with Crippen molar-refractivity contribution in [1.82, 2.24) is 4.72 Å². The van der Waals surface area contributed by atoms with Crippen molar-refractivity contribution in [2.45, 2.75) is 37.1 Å². The van der Waals surface area contributed by atoms with Gasteiger partial charge in [0.15, 0.2) is 0 Å². The van der Waals surface area contributed by atoms with Crippen LogP contribution in [0.3, 0.4) is 0 Å². The predicted molar refractivity (Wildman–Crippen MR) is 88.0 cm³/mol. The largest absolute Gasteiger partial charge is 0.399 e. The molecule has 0 amide bonds. The highest BCUT2D eigenvalue weighted by Crippen LogP contribution is 2.32. The van der Waals surface area contributed by atoms with Crippen molar-refractivity contribution in [3.8, 4) is 0 Å². The number of halogens is 1. The smallest absolute Gasteiger partial charge is 0.241 e. The van der Waals surface area contributed by atoms with E-state index in [0.29, 0.717) is 11.3 Å². The first-order valence-corrected chi connectivity index (χ1v) is 9.02. The van der Waals surface area contributed by atoms with Gasteiger partial charge in [0.1, 0.15) is 5.82 Å². The molecule has 0 aliphatic heterocycles. The summed E-state index contributed by atoms with van der Waals surface area (Å²) < 4.78 is 41.3. The Kier molecular flexibility index (Phi) is 4.12. The number of nitrogens with two attached hydrogens (primary N) is 1. The molecule has 1 atom stereocenters. The monoisotopic (exact) mass is 334 g/mol. The van der Waals surface area contributed by atoms with Crippen molar-refractivity contribution in [3.63, 3.8) is 0 Å². The van der Waals surface area contributed by atoms with E-state index in [9.17, 15) is 12.8 Å². The number of nitrogen functional groups attached to an aromatic ring is 1. The van der Waals surface area contributed by atoms with Crippen LogP contribution in [-0.2, 0) is 16.4 Å². The summed E-state index contributed by atoms with van der Waals surface area (Å²) in [4.78, 5) is 0.0824. The van der Waals surface area contributed by atoms with Crippen LogP contribution in [0.15, 0.2) is 41.3 Å². The number of fused-ring (bicyclic) bond motifs is 1. The maximum absolute atomic E-state index is 13.4. The zero-order chi connectivity index (χ0) is 16.6. The fraction of sp³-hybridized carbons (Fsp3) is 0.294. The Morgan fingerprint density at radius 3 is 2.74 bits per heavy atom. The lowest BCUT2D eigenvalue weighted by molar-refractivity contribution is 0.507. The van der Waals surface area contributed by atoms with Crippen molar-refractivity contribution in [1.29, 1.82) is 0 Å². The second-order valence-corrected chi connectivity index (χ2v) is 7.65. The molecule has 4 nitrogen and oxygen atoms in total. The summed E-state index contributed by atoms with van der Waals surface area (Å²) >= 11 is 0. The summed E-state index contributed by atoms with van der Waals surface area (Å²) in [6.45, 7) is 1.55. The zero-order valence-corrected chi connectivity index (χ0v) is 13.7. The van der Waals surface area contributed by atoms with E-state index in [4.69, 9.17) is 5.73 Å². The number of rotatable bonds is 3. The van der Waals surface area contributed by atoms with Crippen molar-refractivity contribution in [2.75, 3.05) is 5.73 Å². The number of sulfonamides is 1. The van der Waals surface area contributed by atoms with Gasteiger partial charge in [-0.25, -0.2) is 17.5 Å². The lowest BCUT2D eigenvalue weighted by Gasteiger charge is -2.26. The number of hydrogen-bond acceptors (Lipinski definition) is 3. The average molecular weight is 334 g/mol. The molecule has 2 aromatic carbocycles. The third-order valence-electron chi connectivity index (χ3n) is 4.22. The Balaban J connectivity index is 1.91. The molecule has 6 heteroatoms. The molecule has 0 saturated heterocycles. The fourth-order valence-electron chi connectivity index (χ4n) is 3.00. The lowest BCUT2D eigenvalue weighted by Crippen LogP contribution is -2.31. The number of aryl methyl sites for hydroxylation is 2. The molecule has 0 spiro atoms. The highest BCUT2D eigenvalue weighted by molar-refractivity contribution is 7.89. The van der Waals surface area contributed by atoms with Crippen molar-refractivity contribution in [2.24, 2.45) is 0 Å². The van der Waals surface area contributed by atoms with E-state index in [1.807, 2.05) is 12.1 Å². The Labute approximate surface area is 135 Å². The average Bonchev–Trinajstić information content (AvgIpc) is 2.49.